The molecule has 92 valence electrons. The van der Waals surface area contributed by atoms with Crippen LogP contribution in [0.4, 0.5) is 0 Å². The van der Waals surface area contributed by atoms with E-state index in [1.807, 2.05) is 0 Å². The minimum Gasteiger partial charge on any atom is -0.267 e. The molecule has 2 atom stereocenters. The number of nitrogens with one attached hydrogen (secondary N) is 1. The number of fused-ring (bicyclic) bond motifs is 1. The van der Waals surface area contributed by atoms with Crippen molar-refractivity contribution >= 4 is 23.2 Å². The van der Waals surface area contributed by atoms with Crippen molar-refractivity contribution in [3.63, 3.8) is 0 Å². The third-order valence-corrected chi connectivity index (χ3v) is 3.79. The van der Waals surface area contributed by atoms with Gasteiger partial charge in [-0.05, 0) is 37.0 Å². The van der Waals surface area contributed by atoms with Crippen LogP contribution in [0.2, 0.25) is 5.02 Å². The Labute approximate surface area is 111 Å². The summed E-state index contributed by atoms with van der Waals surface area (Å²) in [7, 11) is 0. The molecule has 1 aromatic rings. The number of rotatable bonds is 2. The number of carbonyl (C=O) groups excluding carboxylic acids is 1. The zero-order valence-corrected chi connectivity index (χ0v) is 10.5. The average molecular weight is 261 g/mol. The molecule has 0 spiro atoms. The summed E-state index contributed by atoms with van der Waals surface area (Å²) in [5, 5.41) is 4.77. The van der Waals surface area contributed by atoms with Crippen molar-refractivity contribution in [2.24, 2.45) is 16.9 Å². The van der Waals surface area contributed by atoms with E-state index in [9.17, 15) is 4.79 Å². The van der Waals surface area contributed by atoms with E-state index in [1.165, 1.54) is 0 Å². The van der Waals surface area contributed by atoms with Crippen molar-refractivity contribution in [1.82, 2.24) is 5.43 Å². The number of amides is 1. The Morgan fingerprint density at radius 1 is 1.44 bits per heavy atom. The second-order valence-electron chi connectivity index (χ2n) is 4.69. The van der Waals surface area contributed by atoms with Crippen molar-refractivity contribution in [2.45, 2.75) is 12.8 Å². The van der Waals surface area contributed by atoms with Crippen LogP contribution < -0.4 is 5.43 Å². The molecule has 0 aromatic heterocycles. The summed E-state index contributed by atoms with van der Waals surface area (Å²) in [5.74, 6) is 0.955. The van der Waals surface area contributed by atoms with E-state index in [-0.39, 0.29) is 5.91 Å². The standard InChI is InChI=1S/C14H13ClN2O/c15-11-5-1-4-10(7-11)14(18)17-16-13-8-9-3-2-6-12(9)13/h1-5,7,9,12H,6,8H2,(H,17,18)/b16-13-/t9-,12+/m0/s1. The zero-order valence-electron chi connectivity index (χ0n) is 9.77. The summed E-state index contributed by atoms with van der Waals surface area (Å²) in [4.78, 5) is 11.8. The number of carbonyl (C=O) groups is 1. The highest BCUT2D eigenvalue weighted by Gasteiger charge is 2.37. The molecule has 3 rings (SSSR count). The minimum atomic E-state index is -0.209. The highest BCUT2D eigenvalue weighted by atomic mass is 35.5. The Morgan fingerprint density at radius 3 is 3.11 bits per heavy atom. The number of nitrogens with zero attached hydrogens (tertiary/aromatic N) is 1. The molecule has 4 heteroatoms. The number of hydrazone groups is 1. The SMILES string of the molecule is O=C(N/N=C1/C[C@@H]2C=CC[C@@H]12)c1cccc(Cl)c1. The quantitative estimate of drug-likeness (QED) is 0.645. The van der Waals surface area contributed by atoms with Crippen LogP contribution in [0.1, 0.15) is 23.2 Å². The maximum atomic E-state index is 11.8. The smallest absolute Gasteiger partial charge is 0.267 e. The van der Waals surface area contributed by atoms with Gasteiger partial charge in [-0.1, -0.05) is 29.8 Å². The predicted molar refractivity (Wildman–Crippen MR) is 71.7 cm³/mol. The topological polar surface area (TPSA) is 41.5 Å². The third-order valence-electron chi connectivity index (χ3n) is 3.55. The molecule has 0 unspecified atom stereocenters. The largest absolute Gasteiger partial charge is 0.271 e. The fourth-order valence-corrected chi connectivity index (χ4v) is 2.67. The maximum absolute atomic E-state index is 11.8. The van der Waals surface area contributed by atoms with Gasteiger partial charge in [0.1, 0.15) is 0 Å². The molecular weight excluding hydrogens is 248 g/mol. The summed E-state index contributed by atoms with van der Waals surface area (Å²) >= 11 is 5.84. The first-order valence-electron chi connectivity index (χ1n) is 6.03. The van der Waals surface area contributed by atoms with Gasteiger partial charge in [0, 0.05) is 22.2 Å². The van der Waals surface area contributed by atoms with E-state index in [0.29, 0.717) is 22.4 Å². The van der Waals surface area contributed by atoms with Gasteiger partial charge in [-0.2, -0.15) is 5.10 Å². The van der Waals surface area contributed by atoms with Crippen LogP contribution >= 0.6 is 11.6 Å². The second-order valence-corrected chi connectivity index (χ2v) is 5.13. The van der Waals surface area contributed by atoms with Crippen LogP contribution in [0.25, 0.3) is 0 Å². The predicted octanol–water partition coefficient (Wildman–Crippen LogP) is 3.02. The molecule has 3 nitrogen and oxygen atoms in total. The Morgan fingerprint density at radius 2 is 2.33 bits per heavy atom. The fourth-order valence-electron chi connectivity index (χ4n) is 2.48. The molecule has 1 fully saturated rings. The van der Waals surface area contributed by atoms with Crippen LogP contribution in [0, 0.1) is 11.8 Å². The Kier molecular flexibility index (Phi) is 2.92. The van der Waals surface area contributed by atoms with Crippen LogP contribution in [0.3, 0.4) is 0 Å². The molecule has 2 aliphatic carbocycles. The van der Waals surface area contributed by atoms with Crippen LogP contribution in [0.15, 0.2) is 41.5 Å². The number of hydrogen-bond donors (Lipinski definition) is 1. The van der Waals surface area contributed by atoms with E-state index in [2.05, 4.69) is 22.7 Å². The van der Waals surface area contributed by atoms with Crippen molar-refractivity contribution in [1.29, 1.82) is 0 Å². The highest BCUT2D eigenvalue weighted by molar-refractivity contribution is 6.30. The summed E-state index contributed by atoms with van der Waals surface area (Å²) in [6.45, 7) is 0. The molecule has 0 saturated heterocycles. The first-order valence-corrected chi connectivity index (χ1v) is 6.41. The summed E-state index contributed by atoms with van der Waals surface area (Å²) in [5.41, 5.74) is 4.24. The van der Waals surface area contributed by atoms with Gasteiger partial charge in [-0.25, -0.2) is 5.43 Å². The monoisotopic (exact) mass is 260 g/mol. The lowest BCUT2D eigenvalue weighted by molar-refractivity contribution is 0.0954. The number of halogens is 1. The number of benzene rings is 1. The average Bonchev–Trinajstić information content (AvgIpc) is 2.71. The third kappa shape index (κ3) is 2.06. The van der Waals surface area contributed by atoms with Gasteiger partial charge in [0.25, 0.3) is 5.91 Å². The molecule has 1 amide bonds. The summed E-state index contributed by atoms with van der Waals surface area (Å²) < 4.78 is 0. The maximum Gasteiger partial charge on any atom is 0.271 e. The van der Waals surface area contributed by atoms with E-state index in [0.717, 1.165) is 18.6 Å². The molecule has 18 heavy (non-hydrogen) atoms. The molecule has 0 heterocycles. The van der Waals surface area contributed by atoms with Gasteiger partial charge in [0.05, 0.1) is 0 Å². The number of allylic oxidation sites excluding steroid dienone is 2. The van der Waals surface area contributed by atoms with Gasteiger partial charge >= 0.3 is 0 Å². The highest BCUT2D eigenvalue weighted by Crippen LogP contribution is 2.40. The van der Waals surface area contributed by atoms with Crippen molar-refractivity contribution in [3.05, 3.63) is 47.0 Å². The van der Waals surface area contributed by atoms with Gasteiger partial charge in [-0.15, -0.1) is 0 Å². The van der Waals surface area contributed by atoms with E-state index >= 15 is 0 Å². The molecule has 2 aliphatic rings. The molecule has 0 bridgehead atoms. The molecule has 1 N–H and O–H groups in total. The lowest BCUT2D eigenvalue weighted by Crippen LogP contribution is -2.35. The van der Waals surface area contributed by atoms with Crippen LogP contribution in [0.5, 0.6) is 0 Å². The molecule has 1 aromatic carbocycles. The van der Waals surface area contributed by atoms with Crippen molar-refractivity contribution < 1.29 is 4.79 Å². The number of hydrogen-bond acceptors (Lipinski definition) is 2. The van der Waals surface area contributed by atoms with Crippen molar-refractivity contribution in [3.8, 4) is 0 Å². The molecule has 0 radical (unpaired) electrons. The van der Waals surface area contributed by atoms with E-state index in [1.54, 1.807) is 24.3 Å². The lowest BCUT2D eigenvalue weighted by atomic mass is 9.74. The summed E-state index contributed by atoms with van der Waals surface area (Å²) in [6, 6.07) is 6.86. The second kappa shape index (κ2) is 4.58. The zero-order chi connectivity index (χ0) is 12.5. The first-order chi connectivity index (χ1) is 8.74. The van der Waals surface area contributed by atoms with Crippen LogP contribution in [-0.2, 0) is 0 Å². The fraction of sp³-hybridized carbons (Fsp3) is 0.286. The van der Waals surface area contributed by atoms with E-state index < -0.39 is 0 Å². The first kappa shape index (κ1) is 11.5. The normalized spacial score (nSPS) is 26.8. The van der Waals surface area contributed by atoms with Gasteiger partial charge in [0.2, 0.25) is 0 Å². The Hall–Kier alpha value is -1.61. The molecular formula is C14H13ClN2O. The van der Waals surface area contributed by atoms with Gasteiger partial charge in [0.15, 0.2) is 0 Å². The Bertz CT molecular complexity index is 550. The minimum absolute atomic E-state index is 0.209. The molecule has 0 aliphatic heterocycles. The van der Waals surface area contributed by atoms with Crippen molar-refractivity contribution in [2.75, 3.05) is 0 Å². The molecule has 1 saturated carbocycles. The van der Waals surface area contributed by atoms with E-state index in [4.69, 9.17) is 11.6 Å². The summed E-state index contributed by atoms with van der Waals surface area (Å²) in [6.07, 6.45) is 6.45. The lowest BCUT2D eigenvalue weighted by Gasteiger charge is -2.31. The van der Waals surface area contributed by atoms with Gasteiger partial charge < -0.3 is 0 Å². The van der Waals surface area contributed by atoms with Gasteiger partial charge in [-0.3, -0.25) is 4.79 Å². The van der Waals surface area contributed by atoms with Crippen LogP contribution in [-0.4, -0.2) is 11.6 Å². The Balaban J connectivity index is 1.64.